The zero-order valence-corrected chi connectivity index (χ0v) is 21.0. The van der Waals surface area contributed by atoms with E-state index in [4.69, 9.17) is 0 Å². The molecule has 3 fully saturated rings. The highest BCUT2D eigenvalue weighted by Gasteiger charge is 2.75. The topological polar surface area (TPSA) is 98.7 Å². The lowest BCUT2D eigenvalue weighted by atomic mass is 9.70. The van der Waals surface area contributed by atoms with E-state index in [9.17, 15) is 19.5 Å². The molecule has 3 heterocycles. The van der Waals surface area contributed by atoms with E-state index in [-0.39, 0.29) is 34.4 Å². The predicted octanol–water partition coefficient (Wildman–Crippen LogP) is 2.23. The van der Waals surface area contributed by atoms with E-state index in [1.807, 2.05) is 32.0 Å². The Labute approximate surface area is 201 Å². The summed E-state index contributed by atoms with van der Waals surface area (Å²) in [6.07, 6.45) is 1.82. The molecular formula is C23H30BrN3O4S. The van der Waals surface area contributed by atoms with Gasteiger partial charge in [-0.1, -0.05) is 28.1 Å². The smallest absolute Gasteiger partial charge is 0.248 e. The number of amides is 3. The highest BCUT2D eigenvalue weighted by molar-refractivity contribution is 9.09. The van der Waals surface area contributed by atoms with Crippen molar-refractivity contribution in [2.24, 2.45) is 11.8 Å². The Bertz CT molecular complexity index is 944. The van der Waals surface area contributed by atoms with Crippen LogP contribution in [0.2, 0.25) is 0 Å². The van der Waals surface area contributed by atoms with Gasteiger partial charge in [-0.3, -0.25) is 14.4 Å². The quantitative estimate of drug-likeness (QED) is 0.376. The summed E-state index contributed by atoms with van der Waals surface area (Å²) in [7, 11) is 1.60. The number of nitrogens with zero attached hydrogens (tertiary/aromatic N) is 1. The van der Waals surface area contributed by atoms with Crippen molar-refractivity contribution in [3.8, 4) is 0 Å². The number of aliphatic hydroxyl groups excluding tert-OH is 1. The molecule has 9 heteroatoms. The summed E-state index contributed by atoms with van der Waals surface area (Å²) in [6, 6.07) is 5.24. The number of fused-ring (bicyclic) bond motifs is 1. The van der Waals surface area contributed by atoms with E-state index in [0.29, 0.717) is 25.8 Å². The van der Waals surface area contributed by atoms with E-state index in [0.717, 1.165) is 16.8 Å². The van der Waals surface area contributed by atoms with Gasteiger partial charge in [-0.2, -0.15) is 0 Å². The molecule has 3 saturated heterocycles. The lowest BCUT2D eigenvalue weighted by Gasteiger charge is -2.35. The Morgan fingerprint density at radius 3 is 2.72 bits per heavy atom. The number of hydrogen-bond donors (Lipinski definition) is 3. The van der Waals surface area contributed by atoms with Crippen molar-refractivity contribution in [2.75, 3.05) is 25.5 Å². The molecule has 1 aromatic carbocycles. The number of thioether (sulfide) groups is 1. The van der Waals surface area contributed by atoms with Crippen LogP contribution >= 0.6 is 27.7 Å². The fourth-order valence-electron chi connectivity index (χ4n) is 5.60. The van der Waals surface area contributed by atoms with Crippen molar-refractivity contribution in [2.45, 2.75) is 54.0 Å². The predicted molar refractivity (Wildman–Crippen MR) is 129 cm³/mol. The Balaban J connectivity index is 1.72. The van der Waals surface area contributed by atoms with Crippen LogP contribution in [0.15, 0.2) is 18.2 Å². The van der Waals surface area contributed by atoms with Gasteiger partial charge in [0.25, 0.3) is 0 Å². The maximum absolute atomic E-state index is 13.8. The minimum absolute atomic E-state index is 0.0388. The van der Waals surface area contributed by atoms with Crippen LogP contribution < -0.4 is 10.6 Å². The maximum Gasteiger partial charge on any atom is 0.248 e. The molecule has 3 aliphatic heterocycles. The van der Waals surface area contributed by atoms with Crippen molar-refractivity contribution in [3.05, 3.63) is 29.3 Å². The van der Waals surface area contributed by atoms with Crippen LogP contribution in [0, 0.1) is 25.7 Å². The minimum atomic E-state index is -0.664. The second-order valence-electron chi connectivity index (χ2n) is 9.05. The number of aryl methyl sites for hydroxylation is 2. The van der Waals surface area contributed by atoms with Crippen molar-refractivity contribution in [1.82, 2.24) is 10.2 Å². The van der Waals surface area contributed by atoms with Crippen LogP contribution in [0.25, 0.3) is 0 Å². The van der Waals surface area contributed by atoms with Crippen LogP contribution in [0.1, 0.15) is 30.4 Å². The van der Waals surface area contributed by atoms with Gasteiger partial charge in [-0.15, -0.1) is 11.8 Å². The molecule has 174 valence electrons. The Kier molecular flexibility index (Phi) is 6.62. The van der Waals surface area contributed by atoms with Crippen molar-refractivity contribution in [1.29, 1.82) is 0 Å². The van der Waals surface area contributed by atoms with Crippen molar-refractivity contribution < 1.29 is 19.5 Å². The van der Waals surface area contributed by atoms with Gasteiger partial charge in [0.05, 0.1) is 16.6 Å². The highest BCUT2D eigenvalue weighted by atomic mass is 79.9. The molecular weight excluding hydrogens is 494 g/mol. The molecule has 6 atom stereocenters. The lowest BCUT2D eigenvalue weighted by Crippen LogP contribution is -2.53. The third-order valence-corrected chi connectivity index (χ3v) is 10.3. The number of aliphatic hydroxyl groups is 1. The van der Waals surface area contributed by atoms with E-state index in [1.54, 1.807) is 23.7 Å². The molecule has 3 N–H and O–H groups in total. The van der Waals surface area contributed by atoms with Crippen LogP contribution in [0.3, 0.4) is 0 Å². The van der Waals surface area contributed by atoms with Gasteiger partial charge in [0.2, 0.25) is 17.7 Å². The van der Waals surface area contributed by atoms with E-state index in [1.165, 1.54) is 0 Å². The number of hydrogen-bond acceptors (Lipinski definition) is 5. The zero-order valence-electron chi connectivity index (χ0n) is 18.6. The van der Waals surface area contributed by atoms with Crippen LogP contribution in [0.4, 0.5) is 5.69 Å². The van der Waals surface area contributed by atoms with Crippen LogP contribution in [-0.2, 0) is 14.4 Å². The zero-order chi connectivity index (χ0) is 23.2. The molecule has 0 radical (unpaired) electrons. The number of carbonyl (C=O) groups excluding carboxylic acids is 3. The SMILES string of the molecule is CNC(=O)[C@H]1[C@@H]2SC3(CC2Br)C(C(=O)Nc2cc(C)ccc2C)N(CCCCO)C(=O)[C@H]13. The molecule has 4 rings (SSSR count). The monoisotopic (exact) mass is 523 g/mol. The van der Waals surface area contributed by atoms with E-state index in [2.05, 4.69) is 26.6 Å². The molecule has 3 aliphatic rings. The first-order chi connectivity index (χ1) is 15.2. The number of anilines is 1. The standard InChI is InChI=1S/C23H30BrN3O4S/c1-12-6-7-13(2)15(10-12)26-21(30)19-23-11-14(24)18(32-23)16(20(29)25-3)17(23)22(31)27(19)8-4-5-9-28/h6-7,10,14,16-19,28H,4-5,8-9,11H2,1-3H3,(H,25,29)(H,26,30)/t14?,16-,17+,18-,19?,23?/m1/s1. The average molecular weight is 524 g/mol. The van der Waals surface area contributed by atoms with Gasteiger partial charge < -0.3 is 20.6 Å². The summed E-state index contributed by atoms with van der Waals surface area (Å²) >= 11 is 5.37. The number of carbonyl (C=O) groups is 3. The molecule has 32 heavy (non-hydrogen) atoms. The summed E-state index contributed by atoms with van der Waals surface area (Å²) in [5.74, 6) is -1.45. The van der Waals surface area contributed by atoms with Gasteiger partial charge in [0.1, 0.15) is 6.04 Å². The number of rotatable bonds is 7. The largest absolute Gasteiger partial charge is 0.396 e. The molecule has 7 nitrogen and oxygen atoms in total. The van der Waals surface area contributed by atoms with Gasteiger partial charge in [-0.25, -0.2) is 0 Å². The molecule has 1 spiro atoms. The number of likely N-dealkylation sites (tertiary alicyclic amines) is 1. The number of nitrogens with one attached hydrogen (secondary N) is 2. The van der Waals surface area contributed by atoms with Crippen LogP contribution in [0.5, 0.6) is 0 Å². The molecule has 2 bridgehead atoms. The van der Waals surface area contributed by atoms with E-state index >= 15 is 0 Å². The molecule has 0 aromatic heterocycles. The first kappa shape index (κ1) is 23.6. The molecule has 0 saturated carbocycles. The van der Waals surface area contributed by atoms with Gasteiger partial charge in [0.15, 0.2) is 0 Å². The third kappa shape index (κ3) is 3.66. The molecule has 3 unspecified atom stereocenters. The number of halogens is 1. The summed E-state index contributed by atoms with van der Waals surface area (Å²) in [5, 5.41) is 15.0. The second-order valence-corrected chi connectivity index (χ2v) is 11.8. The van der Waals surface area contributed by atoms with E-state index < -0.39 is 22.6 Å². The van der Waals surface area contributed by atoms with Gasteiger partial charge in [-0.05, 0) is 50.3 Å². The number of unbranched alkanes of at least 4 members (excludes halogenated alkanes) is 1. The Morgan fingerprint density at radius 2 is 2.03 bits per heavy atom. The molecule has 3 amide bonds. The molecule has 0 aliphatic carbocycles. The fraction of sp³-hybridized carbons (Fsp3) is 0.609. The number of alkyl halides is 1. The highest BCUT2D eigenvalue weighted by Crippen LogP contribution is 2.67. The summed E-state index contributed by atoms with van der Waals surface area (Å²) < 4.78 is -0.645. The van der Waals surface area contributed by atoms with Gasteiger partial charge >= 0.3 is 0 Å². The summed E-state index contributed by atoms with van der Waals surface area (Å²) in [4.78, 5) is 42.0. The van der Waals surface area contributed by atoms with Crippen molar-refractivity contribution >= 4 is 51.1 Å². The second kappa shape index (κ2) is 8.99. The third-order valence-electron chi connectivity index (χ3n) is 7.04. The lowest BCUT2D eigenvalue weighted by molar-refractivity contribution is -0.139. The average Bonchev–Trinajstić information content (AvgIpc) is 3.34. The Morgan fingerprint density at radius 1 is 1.28 bits per heavy atom. The van der Waals surface area contributed by atoms with Gasteiger partial charge in [0, 0.05) is 36.0 Å². The summed E-state index contributed by atoms with van der Waals surface area (Å²) in [5.41, 5.74) is 2.74. The first-order valence-corrected chi connectivity index (χ1v) is 12.9. The van der Waals surface area contributed by atoms with Crippen molar-refractivity contribution in [3.63, 3.8) is 0 Å². The first-order valence-electron chi connectivity index (χ1n) is 11.1. The normalized spacial score (nSPS) is 32.8. The molecule has 1 aromatic rings. The minimum Gasteiger partial charge on any atom is -0.396 e. The maximum atomic E-state index is 13.8. The fourth-order valence-corrected chi connectivity index (χ4v) is 9.22. The number of benzene rings is 1. The van der Waals surface area contributed by atoms with Crippen LogP contribution in [-0.4, -0.2) is 68.8 Å². The Hall–Kier alpha value is -1.58. The summed E-state index contributed by atoms with van der Waals surface area (Å²) in [6.45, 7) is 4.35.